The Bertz CT molecular complexity index is 1270. The summed E-state index contributed by atoms with van der Waals surface area (Å²) < 4.78 is 46.8. The molecule has 0 saturated heterocycles. The SMILES string of the molecule is CCC(NC(=O)CN(c1ccc(F)c(Cl)c1)S(=O)(=O)c1ccccc1)c1ccc(OC)c(C)c1. The first kappa shape index (κ1) is 25.5. The minimum Gasteiger partial charge on any atom is -0.496 e. The van der Waals surface area contributed by atoms with E-state index in [-0.39, 0.29) is 21.6 Å². The third-order valence-electron chi connectivity index (χ3n) is 5.37. The van der Waals surface area contributed by atoms with Gasteiger partial charge in [-0.2, -0.15) is 0 Å². The number of sulfonamides is 1. The average Bonchev–Trinajstić information content (AvgIpc) is 2.83. The van der Waals surface area contributed by atoms with Crippen molar-refractivity contribution in [2.24, 2.45) is 0 Å². The Kier molecular flexibility index (Phi) is 8.17. The van der Waals surface area contributed by atoms with Crippen LogP contribution in [-0.2, 0) is 14.8 Å². The third-order valence-corrected chi connectivity index (χ3v) is 7.45. The van der Waals surface area contributed by atoms with Crippen LogP contribution in [0.25, 0.3) is 0 Å². The Morgan fingerprint density at radius 3 is 2.41 bits per heavy atom. The second-order valence-corrected chi connectivity index (χ2v) is 9.95. The number of nitrogens with zero attached hydrogens (tertiary/aromatic N) is 1. The van der Waals surface area contributed by atoms with Crippen molar-refractivity contribution in [3.63, 3.8) is 0 Å². The number of halogens is 2. The summed E-state index contributed by atoms with van der Waals surface area (Å²) in [6.45, 7) is 3.32. The van der Waals surface area contributed by atoms with Gasteiger partial charge in [-0.25, -0.2) is 12.8 Å². The monoisotopic (exact) mass is 504 g/mol. The summed E-state index contributed by atoms with van der Waals surface area (Å²) in [5.74, 6) is -0.466. The molecule has 34 heavy (non-hydrogen) atoms. The van der Waals surface area contributed by atoms with Crippen molar-refractivity contribution < 1.29 is 22.3 Å². The molecule has 3 rings (SSSR count). The van der Waals surface area contributed by atoms with E-state index in [0.717, 1.165) is 27.2 Å². The van der Waals surface area contributed by atoms with Crippen LogP contribution in [0.1, 0.15) is 30.5 Å². The topological polar surface area (TPSA) is 75.7 Å². The second kappa shape index (κ2) is 10.9. The molecular formula is C25H26ClFN2O4S. The summed E-state index contributed by atoms with van der Waals surface area (Å²) in [6.07, 6.45) is 0.589. The van der Waals surface area contributed by atoms with Crippen molar-refractivity contribution in [2.75, 3.05) is 18.0 Å². The lowest BCUT2D eigenvalue weighted by Crippen LogP contribution is -2.42. The van der Waals surface area contributed by atoms with Crippen molar-refractivity contribution in [3.8, 4) is 5.75 Å². The Morgan fingerprint density at radius 1 is 1.12 bits per heavy atom. The van der Waals surface area contributed by atoms with Gasteiger partial charge < -0.3 is 10.1 Å². The number of hydrogen-bond acceptors (Lipinski definition) is 4. The van der Waals surface area contributed by atoms with Crippen molar-refractivity contribution in [1.82, 2.24) is 5.32 Å². The smallest absolute Gasteiger partial charge is 0.264 e. The van der Waals surface area contributed by atoms with Gasteiger partial charge in [-0.3, -0.25) is 9.10 Å². The fourth-order valence-corrected chi connectivity index (χ4v) is 5.19. The van der Waals surface area contributed by atoms with Crippen LogP contribution in [0.4, 0.5) is 10.1 Å². The summed E-state index contributed by atoms with van der Waals surface area (Å²) in [7, 11) is -2.54. The summed E-state index contributed by atoms with van der Waals surface area (Å²) in [5, 5.41) is 2.66. The number of rotatable bonds is 9. The van der Waals surface area contributed by atoms with Crippen LogP contribution in [0.15, 0.2) is 71.6 Å². The van der Waals surface area contributed by atoms with Gasteiger partial charge in [0, 0.05) is 0 Å². The predicted molar refractivity (Wildman–Crippen MR) is 131 cm³/mol. The number of hydrogen-bond donors (Lipinski definition) is 1. The van der Waals surface area contributed by atoms with Crippen LogP contribution >= 0.6 is 11.6 Å². The zero-order valence-electron chi connectivity index (χ0n) is 19.1. The molecule has 0 heterocycles. The van der Waals surface area contributed by atoms with Gasteiger partial charge in [0.1, 0.15) is 18.1 Å². The average molecular weight is 505 g/mol. The van der Waals surface area contributed by atoms with Gasteiger partial charge in [-0.15, -0.1) is 0 Å². The van der Waals surface area contributed by atoms with Crippen LogP contribution < -0.4 is 14.4 Å². The first-order valence-corrected chi connectivity index (χ1v) is 12.5. The molecule has 0 spiro atoms. The highest BCUT2D eigenvalue weighted by Gasteiger charge is 2.28. The number of carbonyl (C=O) groups excluding carboxylic acids is 1. The molecule has 0 saturated carbocycles. The second-order valence-electron chi connectivity index (χ2n) is 7.68. The summed E-state index contributed by atoms with van der Waals surface area (Å²) >= 11 is 5.91. The van der Waals surface area contributed by atoms with Crippen molar-refractivity contribution >= 4 is 33.2 Å². The van der Waals surface area contributed by atoms with E-state index in [0.29, 0.717) is 6.42 Å². The number of carbonyl (C=O) groups is 1. The molecular weight excluding hydrogens is 479 g/mol. The highest BCUT2D eigenvalue weighted by atomic mass is 35.5. The van der Waals surface area contributed by atoms with Crippen LogP contribution in [0.5, 0.6) is 5.75 Å². The van der Waals surface area contributed by atoms with Gasteiger partial charge in [-0.05, 0) is 60.9 Å². The third kappa shape index (κ3) is 5.69. The standard InChI is InChI=1S/C25H26ClFN2O4S/c1-4-23(18-10-13-24(33-3)17(2)14-18)28-25(30)16-29(19-11-12-22(27)21(26)15-19)34(31,32)20-8-6-5-7-9-20/h5-15,23H,4,16H2,1-3H3,(H,28,30). The largest absolute Gasteiger partial charge is 0.496 e. The molecule has 180 valence electrons. The van der Waals surface area contributed by atoms with E-state index in [2.05, 4.69) is 5.32 Å². The molecule has 1 atom stereocenters. The van der Waals surface area contributed by atoms with E-state index in [9.17, 15) is 17.6 Å². The number of benzene rings is 3. The van der Waals surface area contributed by atoms with Crippen LogP contribution in [-0.4, -0.2) is 28.0 Å². The van der Waals surface area contributed by atoms with Crippen LogP contribution in [0.2, 0.25) is 5.02 Å². The van der Waals surface area contributed by atoms with E-state index in [1.165, 1.54) is 24.3 Å². The first-order chi connectivity index (χ1) is 16.2. The quantitative estimate of drug-likeness (QED) is 0.431. The highest BCUT2D eigenvalue weighted by Crippen LogP contribution is 2.28. The van der Waals surface area contributed by atoms with Gasteiger partial charge in [-0.1, -0.05) is 48.9 Å². The molecule has 3 aromatic carbocycles. The normalized spacial score (nSPS) is 12.1. The molecule has 1 unspecified atom stereocenters. The summed E-state index contributed by atoms with van der Waals surface area (Å²) in [4.78, 5) is 13.1. The van der Waals surface area contributed by atoms with E-state index in [1.54, 1.807) is 25.3 Å². The Labute approximate surface area is 204 Å². The predicted octanol–water partition coefficient (Wildman–Crippen LogP) is 5.26. The molecule has 0 aromatic heterocycles. The lowest BCUT2D eigenvalue weighted by Gasteiger charge is -2.26. The molecule has 1 N–H and O–H groups in total. The molecule has 0 aliphatic carbocycles. The number of methoxy groups -OCH3 is 1. The van der Waals surface area contributed by atoms with E-state index in [4.69, 9.17) is 16.3 Å². The van der Waals surface area contributed by atoms with E-state index >= 15 is 0 Å². The van der Waals surface area contributed by atoms with Crippen LogP contribution in [0.3, 0.4) is 0 Å². The zero-order chi connectivity index (χ0) is 24.9. The molecule has 0 radical (unpaired) electrons. The number of amides is 1. The van der Waals surface area contributed by atoms with E-state index in [1.807, 2.05) is 32.0 Å². The lowest BCUT2D eigenvalue weighted by molar-refractivity contribution is -0.120. The molecule has 0 aliphatic rings. The van der Waals surface area contributed by atoms with E-state index < -0.39 is 28.3 Å². The highest BCUT2D eigenvalue weighted by molar-refractivity contribution is 7.92. The Balaban J connectivity index is 1.92. The van der Waals surface area contributed by atoms with Crippen molar-refractivity contribution in [2.45, 2.75) is 31.2 Å². The molecule has 9 heteroatoms. The molecule has 6 nitrogen and oxygen atoms in total. The maximum absolute atomic E-state index is 13.7. The lowest BCUT2D eigenvalue weighted by atomic mass is 10.0. The fraction of sp³-hybridized carbons (Fsp3) is 0.240. The maximum atomic E-state index is 13.7. The van der Waals surface area contributed by atoms with Gasteiger partial charge in [0.15, 0.2) is 0 Å². The van der Waals surface area contributed by atoms with Crippen molar-refractivity contribution in [1.29, 1.82) is 0 Å². The van der Waals surface area contributed by atoms with Gasteiger partial charge in [0.2, 0.25) is 5.91 Å². The molecule has 0 bridgehead atoms. The summed E-state index contributed by atoms with van der Waals surface area (Å²) in [5.41, 5.74) is 1.87. The van der Waals surface area contributed by atoms with Crippen LogP contribution in [0, 0.1) is 12.7 Å². The minimum absolute atomic E-state index is 0.000989. The molecule has 3 aromatic rings. The fourth-order valence-electron chi connectivity index (χ4n) is 3.58. The number of ether oxygens (including phenoxy) is 1. The number of aryl methyl sites for hydroxylation is 1. The Morgan fingerprint density at radius 2 is 1.82 bits per heavy atom. The minimum atomic E-state index is -4.13. The molecule has 1 amide bonds. The number of nitrogens with one attached hydrogen (secondary N) is 1. The van der Waals surface area contributed by atoms with Gasteiger partial charge in [0.05, 0.1) is 28.8 Å². The Hall–Kier alpha value is -3.10. The van der Waals surface area contributed by atoms with Gasteiger partial charge in [0.25, 0.3) is 10.0 Å². The number of anilines is 1. The maximum Gasteiger partial charge on any atom is 0.264 e. The molecule has 0 fully saturated rings. The van der Waals surface area contributed by atoms with Gasteiger partial charge >= 0.3 is 0 Å². The zero-order valence-corrected chi connectivity index (χ0v) is 20.7. The summed E-state index contributed by atoms with van der Waals surface area (Å²) in [6, 6.07) is 16.5. The molecule has 0 aliphatic heterocycles. The van der Waals surface area contributed by atoms with Crippen molar-refractivity contribution in [3.05, 3.63) is 88.7 Å². The first-order valence-electron chi connectivity index (χ1n) is 10.6.